The maximum absolute atomic E-state index is 5.04. The number of hydrogen-bond donors (Lipinski definition) is 0. The lowest BCUT2D eigenvalue weighted by Crippen LogP contribution is -1.99. The zero-order chi connectivity index (χ0) is 33.0. The predicted octanol–water partition coefficient (Wildman–Crippen LogP) is 10.5. The van der Waals surface area contributed by atoms with Crippen molar-refractivity contribution < 1.29 is 0 Å². The lowest BCUT2D eigenvalue weighted by molar-refractivity contribution is 1.13. The van der Waals surface area contributed by atoms with Crippen LogP contribution in [0.15, 0.2) is 170 Å². The third-order valence-corrected chi connectivity index (χ3v) is 9.48. The van der Waals surface area contributed by atoms with E-state index in [4.69, 9.17) is 9.97 Å². The number of pyridine rings is 2. The Hall–Kier alpha value is -6.92. The fraction of sp³-hybridized carbons (Fsp3) is 0. The second-order valence-corrected chi connectivity index (χ2v) is 12.4. The van der Waals surface area contributed by atoms with E-state index in [1.165, 1.54) is 38.0 Å². The Morgan fingerprint density at radius 3 is 1.80 bits per heavy atom. The summed E-state index contributed by atoms with van der Waals surface area (Å²) in [5.41, 5.74) is 9.65. The Balaban J connectivity index is 1.20. The molecule has 0 atom stereocenters. The van der Waals surface area contributed by atoms with Crippen LogP contribution in [-0.4, -0.2) is 29.1 Å². The molecule has 0 aliphatic carbocycles. The topological polar surface area (TPSA) is 61.4 Å². The van der Waals surface area contributed by atoms with Crippen LogP contribution in [0.2, 0.25) is 0 Å². The smallest absolute Gasteiger partial charge is 0.160 e. The van der Waals surface area contributed by atoms with Crippen molar-refractivity contribution in [2.45, 2.75) is 0 Å². The predicted molar refractivity (Wildman–Crippen MR) is 203 cm³/mol. The molecule has 0 radical (unpaired) electrons. The standard InChI is InChI=1S/C44H28N6/c1-2-12-30(13-3-1)49-26-23-34-32-19-20-36-33-15-4-5-18-42(33)50(43(36)35(32)21-22-41(34)49)31-14-10-11-29(27-31)44-47-39(37-16-6-8-24-45-37)28-40(48-44)38-17-7-9-25-46-38/h1-28H. The third-order valence-electron chi connectivity index (χ3n) is 9.48. The molecule has 10 rings (SSSR count). The first-order valence-electron chi connectivity index (χ1n) is 16.6. The summed E-state index contributed by atoms with van der Waals surface area (Å²) in [5.74, 6) is 0.616. The Labute approximate surface area is 287 Å². The Kier molecular flexibility index (Phi) is 6.39. The number of aromatic nitrogens is 6. The minimum Gasteiger partial charge on any atom is -0.317 e. The van der Waals surface area contributed by atoms with E-state index in [1.54, 1.807) is 12.4 Å². The lowest BCUT2D eigenvalue weighted by Gasteiger charge is -2.13. The van der Waals surface area contributed by atoms with E-state index in [0.29, 0.717) is 5.82 Å². The van der Waals surface area contributed by atoms with Gasteiger partial charge in [0.2, 0.25) is 0 Å². The summed E-state index contributed by atoms with van der Waals surface area (Å²) in [6.07, 6.45) is 5.74. The highest BCUT2D eigenvalue weighted by Gasteiger charge is 2.18. The summed E-state index contributed by atoms with van der Waals surface area (Å²) < 4.78 is 4.65. The summed E-state index contributed by atoms with van der Waals surface area (Å²) >= 11 is 0. The van der Waals surface area contributed by atoms with Gasteiger partial charge in [0.05, 0.1) is 39.3 Å². The third kappa shape index (κ3) is 4.50. The zero-order valence-corrected chi connectivity index (χ0v) is 26.8. The number of benzene rings is 5. The molecule has 50 heavy (non-hydrogen) atoms. The maximum Gasteiger partial charge on any atom is 0.160 e. The van der Waals surface area contributed by atoms with Crippen LogP contribution < -0.4 is 0 Å². The SMILES string of the molecule is c1ccc(-n2ccc3c4ccc5c6ccccc6n(-c6cccc(-c7nc(-c8ccccn8)cc(-c8ccccn8)n7)c6)c5c4ccc32)cc1. The van der Waals surface area contributed by atoms with Crippen LogP contribution in [0.1, 0.15) is 0 Å². The van der Waals surface area contributed by atoms with E-state index in [0.717, 1.165) is 45.2 Å². The van der Waals surface area contributed by atoms with Crippen molar-refractivity contribution in [3.05, 3.63) is 170 Å². The van der Waals surface area contributed by atoms with Gasteiger partial charge in [-0.05, 0) is 78.2 Å². The number of hydrogen-bond acceptors (Lipinski definition) is 4. The van der Waals surface area contributed by atoms with Gasteiger partial charge in [-0.15, -0.1) is 0 Å². The van der Waals surface area contributed by atoms with E-state index in [2.05, 4.69) is 134 Å². The summed E-state index contributed by atoms with van der Waals surface area (Å²) in [4.78, 5) is 19.3. The van der Waals surface area contributed by atoms with Gasteiger partial charge in [0.1, 0.15) is 0 Å². The van der Waals surface area contributed by atoms with Crippen molar-refractivity contribution in [3.63, 3.8) is 0 Å². The number of para-hydroxylation sites is 2. The molecule has 0 spiro atoms. The van der Waals surface area contributed by atoms with Gasteiger partial charge >= 0.3 is 0 Å². The molecule has 5 heterocycles. The molecule has 0 aliphatic rings. The van der Waals surface area contributed by atoms with Crippen LogP contribution in [-0.2, 0) is 0 Å². The molecule has 10 aromatic rings. The van der Waals surface area contributed by atoms with Crippen LogP contribution >= 0.6 is 0 Å². The Morgan fingerprint density at radius 2 is 1.04 bits per heavy atom. The van der Waals surface area contributed by atoms with Crippen molar-refractivity contribution in [1.82, 2.24) is 29.1 Å². The fourth-order valence-corrected chi connectivity index (χ4v) is 7.22. The molecular formula is C44H28N6. The van der Waals surface area contributed by atoms with Gasteiger partial charge in [0.25, 0.3) is 0 Å². The van der Waals surface area contributed by atoms with Crippen molar-refractivity contribution in [1.29, 1.82) is 0 Å². The molecule has 5 aromatic heterocycles. The summed E-state index contributed by atoms with van der Waals surface area (Å²) in [6.45, 7) is 0. The summed E-state index contributed by atoms with van der Waals surface area (Å²) in [5, 5.41) is 6.07. The molecule has 0 amide bonds. The number of rotatable bonds is 5. The molecule has 0 saturated heterocycles. The fourth-order valence-electron chi connectivity index (χ4n) is 7.22. The summed E-state index contributed by atoms with van der Waals surface area (Å²) in [6, 6.07) is 52.7. The molecule has 0 N–H and O–H groups in total. The van der Waals surface area contributed by atoms with E-state index in [1.807, 2.05) is 42.5 Å². The molecule has 0 saturated carbocycles. The minimum atomic E-state index is 0.616. The molecule has 6 nitrogen and oxygen atoms in total. The van der Waals surface area contributed by atoms with Gasteiger partial charge < -0.3 is 9.13 Å². The zero-order valence-electron chi connectivity index (χ0n) is 26.8. The second-order valence-electron chi connectivity index (χ2n) is 12.4. The molecule has 5 aromatic carbocycles. The molecule has 0 bridgehead atoms. The normalized spacial score (nSPS) is 11.6. The minimum absolute atomic E-state index is 0.616. The van der Waals surface area contributed by atoms with Gasteiger partial charge in [0.15, 0.2) is 5.82 Å². The number of nitrogens with zero attached hydrogens (tertiary/aromatic N) is 6. The van der Waals surface area contributed by atoms with E-state index in [-0.39, 0.29) is 0 Å². The van der Waals surface area contributed by atoms with Crippen molar-refractivity contribution in [3.8, 4) is 45.5 Å². The van der Waals surface area contributed by atoms with Gasteiger partial charge in [-0.1, -0.05) is 78.9 Å². The van der Waals surface area contributed by atoms with Crippen LogP contribution in [0.25, 0.3) is 89.0 Å². The highest BCUT2D eigenvalue weighted by atomic mass is 15.0. The molecule has 234 valence electrons. The van der Waals surface area contributed by atoms with Crippen LogP contribution in [0, 0.1) is 0 Å². The van der Waals surface area contributed by atoms with Crippen molar-refractivity contribution >= 4 is 43.5 Å². The van der Waals surface area contributed by atoms with E-state index < -0.39 is 0 Å². The molecule has 6 heteroatoms. The van der Waals surface area contributed by atoms with Crippen LogP contribution in [0.4, 0.5) is 0 Å². The first kappa shape index (κ1) is 28.1. The molecular weight excluding hydrogens is 613 g/mol. The Morgan fingerprint density at radius 1 is 0.400 bits per heavy atom. The first-order chi connectivity index (χ1) is 24.8. The number of fused-ring (bicyclic) bond motifs is 7. The quantitative estimate of drug-likeness (QED) is 0.188. The molecule has 0 unspecified atom stereocenters. The summed E-state index contributed by atoms with van der Waals surface area (Å²) in [7, 11) is 0. The van der Waals surface area contributed by atoms with Gasteiger partial charge in [-0.3, -0.25) is 9.97 Å². The largest absolute Gasteiger partial charge is 0.317 e. The van der Waals surface area contributed by atoms with E-state index >= 15 is 0 Å². The van der Waals surface area contributed by atoms with Gasteiger partial charge in [-0.25, -0.2) is 9.97 Å². The van der Waals surface area contributed by atoms with Crippen LogP contribution in [0.5, 0.6) is 0 Å². The second kappa shape index (κ2) is 11.4. The lowest BCUT2D eigenvalue weighted by atomic mass is 10.0. The van der Waals surface area contributed by atoms with Gasteiger partial charge in [-0.2, -0.15) is 0 Å². The average Bonchev–Trinajstić information content (AvgIpc) is 3.79. The Bertz CT molecular complexity index is 2800. The highest BCUT2D eigenvalue weighted by Crippen LogP contribution is 2.40. The van der Waals surface area contributed by atoms with E-state index in [9.17, 15) is 0 Å². The van der Waals surface area contributed by atoms with Gasteiger partial charge in [0, 0.05) is 57.1 Å². The highest BCUT2D eigenvalue weighted by molar-refractivity contribution is 6.23. The first-order valence-corrected chi connectivity index (χ1v) is 16.6. The van der Waals surface area contributed by atoms with Crippen LogP contribution in [0.3, 0.4) is 0 Å². The monoisotopic (exact) mass is 640 g/mol. The maximum atomic E-state index is 5.04. The van der Waals surface area contributed by atoms with Crippen molar-refractivity contribution in [2.75, 3.05) is 0 Å². The average molecular weight is 641 g/mol. The molecule has 0 aliphatic heterocycles. The van der Waals surface area contributed by atoms with Crippen molar-refractivity contribution in [2.24, 2.45) is 0 Å². The molecule has 0 fully saturated rings.